The van der Waals surface area contributed by atoms with Gasteiger partial charge < -0.3 is 22.1 Å². The van der Waals surface area contributed by atoms with Gasteiger partial charge >= 0.3 is 0 Å². The number of hydrogen-bond donors (Lipinski definition) is 4. The number of amides is 1. The third kappa shape index (κ3) is 3.81. The van der Waals surface area contributed by atoms with Crippen LogP contribution in [0.1, 0.15) is 54.9 Å². The van der Waals surface area contributed by atoms with Crippen molar-refractivity contribution in [1.29, 1.82) is 0 Å². The molecule has 2 atom stereocenters. The fourth-order valence-corrected chi connectivity index (χ4v) is 4.30. The normalized spacial score (nSPS) is 21.2. The van der Waals surface area contributed by atoms with Crippen LogP contribution in [-0.4, -0.2) is 32.8 Å². The van der Waals surface area contributed by atoms with Crippen molar-refractivity contribution in [3.8, 4) is 0 Å². The van der Waals surface area contributed by atoms with Gasteiger partial charge in [-0.1, -0.05) is 18.9 Å². The van der Waals surface area contributed by atoms with Gasteiger partial charge in [0.25, 0.3) is 5.91 Å². The molecular formula is C22H26FN7O. The van der Waals surface area contributed by atoms with Crippen molar-refractivity contribution in [1.82, 2.24) is 14.8 Å². The Hall–Kier alpha value is -3.20. The van der Waals surface area contributed by atoms with Gasteiger partial charge in [0, 0.05) is 17.5 Å². The molecule has 2 aromatic heterocycles. The molecule has 6 N–H and O–H groups in total. The number of nitrogens with two attached hydrogens (primary N) is 2. The molecule has 2 heterocycles. The van der Waals surface area contributed by atoms with Crippen molar-refractivity contribution >= 4 is 34.1 Å². The molecule has 0 aliphatic heterocycles. The first-order chi connectivity index (χ1) is 15.0. The van der Waals surface area contributed by atoms with Crippen LogP contribution < -0.4 is 22.1 Å². The number of hydrogen-bond acceptors (Lipinski definition) is 6. The average Bonchev–Trinajstić information content (AvgIpc) is 3.50. The molecule has 8 nitrogen and oxygen atoms in total. The lowest BCUT2D eigenvalue weighted by atomic mass is 9.91. The van der Waals surface area contributed by atoms with Gasteiger partial charge in [0.1, 0.15) is 5.82 Å². The van der Waals surface area contributed by atoms with Crippen LogP contribution in [0.5, 0.6) is 0 Å². The van der Waals surface area contributed by atoms with Crippen LogP contribution in [0, 0.1) is 5.82 Å². The second-order valence-corrected chi connectivity index (χ2v) is 8.46. The molecule has 31 heavy (non-hydrogen) atoms. The summed E-state index contributed by atoms with van der Waals surface area (Å²) in [6.45, 7) is 0. The number of benzene rings is 1. The molecule has 9 heteroatoms. The van der Waals surface area contributed by atoms with Crippen molar-refractivity contribution in [3.05, 3.63) is 41.8 Å². The molecule has 2 aliphatic rings. The van der Waals surface area contributed by atoms with E-state index in [1.54, 1.807) is 6.20 Å². The van der Waals surface area contributed by atoms with Gasteiger partial charge in [-0.15, -0.1) is 0 Å². The Morgan fingerprint density at radius 1 is 1.16 bits per heavy atom. The molecule has 3 aromatic rings. The zero-order valence-corrected chi connectivity index (χ0v) is 17.1. The predicted octanol–water partition coefficient (Wildman–Crippen LogP) is 3.43. The zero-order valence-electron chi connectivity index (χ0n) is 17.1. The van der Waals surface area contributed by atoms with E-state index in [0.29, 0.717) is 6.04 Å². The van der Waals surface area contributed by atoms with Crippen LogP contribution in [0.4, 0.5) is 21.7 Å². The SMILES string of the molecule is NC(=O)c1cc(F)c(N[C@@H]2CCCC[C@@H]2N)nc1Nc1cccc2c1cnn2C1CC1. The molecule has 1 aromatic carbocycles. The number of primary amides is 1. The van der Waals surface area contributed by atoms with E-state index in [-0.39, 0.29) is 29.3 Å². The van der Waals surface area contributed by atoms with Crippen LogP contribution in [-0.2, 0) is 0 Å². The van der Waals surface area contributed by atoms with E-state index < -0.39 is 11.7 Å². The van der Waals surface area contributed by atoms with Crippen LogP contribution in [0.25, 0.3) is 10.9 Å². The maximum atomic E-state index is 14.7. The molecule has 2 saturated carbocycles. The Morgan fingerprint density at radius 3 is 2.71 bits per heavy atom. The first-order valence-electron chi connectivity index (χ1n) is 10.8. The fraction of sp³-hybridized carbons (Fsp3) is 0.409. The lowest BCUT2D eigenvalue weighted by Crippen LogP contribution is -2.43. The van der Waals surface area contributed by atoms with E-state index in [9.17, 15) is 9.18 Å². The van der Waals surface area contributed by atoms with Gasteiger partial charge in [0.05, 0.1) is 29.0 Å². The number of anilines is 3. The van der Waals surface area contributed by atoms with E-state index in [4.69, 9.17) is 11.5 Å². The Balaban J connectivity index is 1.50. The lowest BCUT2D eigenvalue weighted by molar-refractivity contribution is 0.100. The third-order valence-corrected chi connectivity index (χ3v) is 6.17. The summed E-state index contributed by atoms with van der Waals surface area (Å²) in [4.78, 5) is 16.4. The summed E-state index contributed by atoms with van der Waals surface area (Å²) in [5.41, 5.74) is 13.4. The van der Waals surface area contributed by atoms with Crippen molar-refractivity contribution in [2.45, 2.75) is 56.7 Å². The van der Waals surface area contributed by atoms with Gasteiger partial charge in [0.15, 0.2) is 11.6 Å². The lowest BCUT2D eigenvalue weighted by Gasteiger charge is -2.30. The Kier molecular flexibility index (Phi) is 4.97. The zero-order chi connectivity index (χ0) is 21.5. The highest BCUT2D eigenvalue weighted by atomic mass is 19.1. The number of carbonyl (C=O) groups is 1. The fourth-order valence-electron chi connectivity index (χ4n) is 4.30. The summed E-state index contributed by atoms with van der Waals surface area (Å²) < 4.78 is 16.8. The van der Waals surface area contributed by atoms with Crippen LogP contribution >= 0.6 is 0 Å². The van der Waals surface area contributed by atoms with Crippen molar-refractivity contribution < 1.29 is 9.18 Å². The summed E-state index contributed by atoms with van der Waals surface area (Å²) >= 11 is 0. The molecular weight excluding hydrogens is 397 g/mol. The number of nitrogens with one attached hydrogen (secondary N) is 2. The highest BCUT2D eigenvalue weighted by molar-refractivity contribution is 6.00. The molecule has 5 rings (SSSR count). The maximum Gasteiger partial charge on any atom is 0.252 e. The number of aromatic nitrogens is 3. The molecule has 0 saturated heterocycles. The molecule has 2 fully saturated rings. The quantitative estimate of drug-likeness (QED) is 0.482. The van der Waals surface area contributed by atoms with Crippen LogP contribution in [0.3, 0.4) is 0 Å². The largest absolute Gasteiger partial charge is 0.365 e. The molecule has 2 aliphatic carbocycles. The Bertz CT molecular complexity index is 1140. The third-order valence-electron chi connectivity index (χ3n) is 6.17. The molecule has 0 bridgehead atoms. The smallest absolute Gasteiger partial charge is 0.252 e. The monoisotopic (exact) mass is 423 g/mol. The van der Waals surface area contributed by atoms with Crippen molar-refractivity contribution in [2.75, 3.05) is 10.6 Å². The number of halogens is 1. The maximum absolute atomic E-state index is 14.7. The summed E-state index contributed by atoms with van der Waals surface area (Å²) in [6, 6.07) is 7.24. The molecule has 0 radical (unpaired) electrons. The number of fused-ring (bicyclic) bond motifs is 1. The minimum absolute atomic E-state index is 0.0115. The average molecular weight is 423 g/mol. The van der Waals surface area contributed by atoms with Gasteiger partial charge in [-0.25, -0.2) is 9.37 Å². The summed E-state index contributed by atoms with van der Waals surface area (Å²) in [7, 11) is 0. The Labute approximate surface area is 179 Å². The number of carbonyl (C=O) groups excluding carboxylic acids is 1. The van der Waals surface area contributed by atoms with Gasteiger partial charge in [-0.05, 0) is 43.9 Å². The predicted molar refractivity (Wildman–Crippen MR) is 118 cm³/mol. The first kappa shape index (κ1) is 19.7. The van der Waals surface area contributed by atoms with E-state index in [1.807, 2.05) is 22.9 Å². The summed E-state index contributed by atoms with van der Waals surface area (Å²) in [5.74, 6) is -1.12. The molecule has 162 valence electrons. The van der Waals surface area contributed by atoms with E-state index in [0.717, 1.165) is 61.2 Å². The highest BCUT2D eigenvalue weighted by Crippen LogP contribution is 2.38. The minimum Gasteiger partial charge on any atom is -0.365 e. The molecule has 1 amide bonds. The number of rotatable bonds is 6. The van der Waals surface area contributed by atoms with E-state index >= 15 is 0 Å². The second kappa shape index (κ2) is 7.81. The molecule has 0 spiro atoms. The summed E-state index contributed by atoms with van der Waals surface area (Å²) in [6.07, 6.45) is 7.88. The number of nitrogens with zero attached hydrogens (tertiary/aromatic N) is 3. The van der Waals surface area contributed by atoms with Crippen LogP contribution in [0.15, 0.2) is 30.5 Å². The number of pyridine rings is 1. The van der Waals surface area contributed by atoms with Crippen molar-refractivity contribution in [2.24, 2.45) is 11.5 Å². The summed E-state index contributed by atoms with van der Waals surface area (Å²) in [5, 5.41) is 11.7. The topological polar surface area (TPSA) is 124 Å². The van der Waals surface area contributed by atoms with Gasteiger partial charge in [-0.2, -0.15) is 5.10 Å². The van der Waals surface area contributed by atoms with Gasteiger partial charge in [-0.3, -0.25) is 9.48 Å². The van der Waals surface area contributed by atoms with E-state index in [2.05, 4.69) is 20.7 Å². The second-order valence-electron chi connectivity index (χ2n) is 8.46. The Morgan fingerprint density at radius 2 is 1.97 bits per heavy atom. The van der Waals surface area contributed by atoms with Crippen molar-refractivity contribution in [3.63, 3.8) is 0 Å². The first-order valence-corrected chi connectivity index (χ1v) is 10.8. The van der Waals surface area contributed by atoms with E-state index in [1.165, 1.54) is 0 Å². The van der Waals surface area contributed by atoms with Crippen LogP contribution in [0.2, 0.25) is 0 Å². The highest BCUT2D eigenvalue weighted by Gasteiger charge is 2.27. The van der Waals surface area contributed by atoms with Gasteiger partial charge in [0.2, 0.25) is 0 Å². The standard InChI is InChI=1S/C22H26FN7O/c23-15-10-13(20(25)31)21(29-22(15)28-18-5-2-1-4-16(18)24)27-17-6-3-7-19-14(17)11-26-30(19)12-8-9-12/h3,6-7,10-12,16,18H,1-2,4-5,8-9,24H2,(H2,25,31)(H2,27,28,29)/t16-,18+/m0/s1. The minimum atomic E-state index is -0.754. The molecule has 0 unspecified atom stereocenters.